The van der Waals surface area contributed by atoms with Crippen LogP contribution in [-0.4, -0.2) is 47.4 Å². The standard InChI is InChI=1S/C10H18N4O2/c1-4-14(5-6-16-3)10(15)9-8(11)7-13(2)12-9/h7H,4-6,11H2,1-3H3. The Hall–Kier alpha value is -1.56. The average molecular weight is 226 g/mol. The van der Waals surface area contributed by atoms with Crippen LogP contribution in [0.1, 0.15) is 17.4 Å². The molecule has 1 aromatic rings. The summed E-state index contributed by atoms with van der Waals surface area (Å²) in [6, 6.07) is 0. The topological polar surface area (TPSA) is 73.4 Å². The molecular formula is C10H18N4O2. The molecule has 0 saturated heterocycles. The molecule has 90 valence electrons. The maximum Gasteiger partial charge on any atom is 0.276 e. The molecule has 0 bridgehead atoms. The van der Waals surface area contributed by atoms with Crippen molar-refractivity contribution in [2.24, 2.45) is 7.05 Å². The van der Waals surface area contributed by atoms with E-state index in [0.717, 1.165) is 0 Å². The quantitative estimate of drug-likeness (QED) is 0.773. The number of carbonyl (C=O) groups excluding carboxylic acids is 1. The summed E-state index contributed by atoms with van der Waals surface area (Å²) in [6.45, 7) is 3.57. The fraction of sp³-hybridized carbons (Fsp3) is 0.600. The van der Waals surface area contributed by atoms with E-state index in [-0.39, 0.29) is 5.91 Å². The number of ether oxygens (including phenoxy) is 1. The normalized spacial score (nSPS) is 10.4. The molecule has 6 heteroatoms. The number of anilines is 1. The number of carbonyl (C=O) groups is 1. The van der Waals surface area contributed by atoms with Crippen LogP contribution in [0.4, 0.5) is 5.69 Å². The lowest BCUT2D eigenvalue weighted by molar-refractivity contribution is 0.0701. The molecule has 1 heterocycles. The smallest absolute Gasteiger partial charge is 0.276 e. The molecule has 0 saturated carbocycles. The number of amides is 1. The van der Waals surface area contributed by atoms with Gasteiger partial charge in [0.05, 0.1) is 12.3 Å². The van der Waals surface area contributed by atoms with E-state index in [9.17, 15) is 4.79 Å². The molecule has 1 rings (SSSR count). The first-order valence-electron chi connectivity index (χ1n) is 5.17. The molecule has 2 N–H and O–H groups in total. The minimum absolute atomic E-state index is 0.155. The minimum atomic E-state index is -0.155. The van der Waals surface area contributed by atoms with E-state index in [4.69, 9.17) is 10.5 Å². The third kappa shape index (κ3) is 2.73. The number of aromatic nitrogens is 2. The van der Waals surface area contributed by atoms with Crippen molar-refractivity contribution in [3.63, 3.8) is 0 Å². The molecular weight excluding hydrogens is 208 g/mol. The number of nitrogens with two attached hydrogens (primary N) is 1. The van der Waals surface area contributed by atoms with Crippen LogP contribution in [0.3, 0.4) is 0 Å². The van der Waals surface area contributed by atoms with Crippen LogP contribution in [0, 0.1) is 0 Å². The third-order valence-corrected chi connectivity index (χ3v) is 2.29. The van der Waals surface area contributed by atoms with Crippen molar-refractivity contribution in [3.05, 3.63) is 11.9 Å². The Morgan fingerprint density at radius 2 is 2.38 bits per heavy atom. The fourth-order valence-corrected chi connectivity index (χ4v) is 1.43. The van der Waals surface area contributed by atoms with Crippen molar-refractivity contribution < 1.29 is 9.53 Å². The first kappa shape index (κ1) is 12.5. The molecule has 0 unspecified atom stereocenters. The van der Waals surface area contributed by atoms with Gasteiger partial charge in [-0.25, -0.2) is 0 Å². The summed E-state index contributed by atoms with van der Waals surface area (Å²) in [4.78, 5) is 13.7. The number of rotatable bonds is 5. The maximum atomic E-state index is 12.0. The van der Waals surface area contributed by atoms with Crippen molar-refractivity contribution in [2.45, 2.75) is 6.92 Å². The summed E-state index contributed by atoms with van der Waals surface area (Å²) >= 11 is 0. The summed E-state index contributed by atoms with van der Waals surface area (Å²) in [5, 5.41) is 4.05. The van der Waals surface area contributed by atoms with E-state index in [1.54, 1.807) is 25.3 Å². The van der Waals surface area contributed by atoms with Gasteiger partial charge in [0, 0.05) is 33.4 Å². The SMILES string of the molecule is CCN(CCOC)C(=O)c1nn(C)cc1N. The van der Waals surface area contributed by atoms with Gasteiger partial charge in [-0.2, -0.15) is 5.10 Å². The van der Waals surface area contributed by atoms with Crippen LogP contribution in [0.15, 0.2) is 6.20 Å². The van der Waals surface area contributed by atoms with Gasteiger partial charge in [-0.15, -0.1) is 0 Å². The molecule has 0 radical (unpaired) electrons. The molecule has 6 nitrogen and oxygen atoms in total. The second kappa shape index (κ2) is 5.50. The van der Waals surface area contributed by atoms with Crippen LogP contribution >= 0.6 is 0 Å². The number of methoxy groups -OCH3 is 1. The number of likely N-dealkylation sites (N-methyl/N-ethyl adjacent to an activating group) is 1. The highest BCUT2D eigenvalue weighted by molar-refractivity contribution is 5.97. The van der Waals surface area contributed by atoms with E-state index in [2.05, 4.69) is 5.10 Å². The van der Waals surface area contributed by atoms with Gasteiger partial charge in [0.2, 0.25) is 0 Å². The highest BCUT2D eigenvalue weighted by Crippen LogP contribution is 2.11. The minimum Gasteiger partial charge on any atom is -0.396 e. The zero-order chi connectivity index (χ0) is 12.1. The maximum absolute atomic E-state index is 12.0. The van der Waals surface area contributed by atoms with Crippen LogP contribution in [0.2, 0.25) is 0 Å². The Labute approximate surface area is 95.0 Å². The van der Waals surface area contributed by atoms with Crippen LogP contribution < -0.4 is 5.73 Å². The average Bonchev–Trinajstić information content (AvgIpc) is 2.58. The molecule has 0 spiro atoms. The first-order valence-corrected chi connectivity index (χ1v) is 5.17. The summed E-state index contributed by atoms with van der Waals surface area (Å²) in [7, 11) is 3.34. The molecule has 0 aliphatic rings. The third-order valence-electron chi connectivity index (χ3n) is 2.29. The predicted octanol–water partition coefficient (Wildman–Crippen LogP) is 0.111. The van der Waals surface area contributed by atoms with E-state index in [1.807, 2.05) is 6.92 Å². The second-order valence-corrected chi connectivity index (χ2v) is 3.48. The number of nitrogens with zero attached hydrogens (tertiary/aromatic N) is 3. The molecule has 0 atom stereocenters. The lowest BCUT2D eigenvalue weighted by atomic mass is 10.3. The lowest BCUT2D eigenvalue weighted by Crippen LogP contribution is -2.34. The van der Waals surface area contributed by atoms with Gasteiger partial charge >= 0.3 is 0 Å². The van der Waals surface area contributed by atoms with Crippen molar-refractivity contribution in [2.75, 3.05) is 32.5 Å². The van der Waals surface area contributed by atoms with Gasteiger partial charge in [0.1, 0.15) is 0 Å². The Kier molecular flexibility index (Phi) is 4.30. The van der Waals surface area contributed by atoms with Crippen LogP contribution in [-0.2, 0) is 11.8 Å². The van der Waals surface area contributed by atoms with Gasteiger partial charge < -0.3 is 15.4 Å². The van der Waals surface area contributed by atoms with Gasteiger partial charge in [0.25, 0.3) is 5.91 Å². The van der Waals surface area contributed by atoms with Gasteiger partial charge in [0.15, 0.2) is 5.69 Å². The van der Waals surface area contributed by atoms with Crippen molar-refractivity contribution in [1.82, 2.24) is 14.7 Å². The highest BCUT2D eigenvalue weighted by atomic mass is 16.5. The molecule has 16 heavy (non-hydrogen) atoms. The summed E-state index contributed by atoms with van der Waals surface area (Å²) in [5.74, 6) is -0.155. The number of hydrogen-bond acceptors (Lipinski definition) is 4. The Morgan fingerprint density at radius 1 is 1.69 bits per heavy atom. The zero-order valence-electron chi connectivity index (χ0n) is 9.93. The fourth-order valence-electron chi connectivity index (χ4n) is 1.43. The van der Waals surface area contributed by atoms with Crippen molar-refractivity contribution >= 4 is 11.6 Å². The lowest BCUT2D eigenvalue weighted by Gasteiger charge is -2.19. The van der Waals surface area contributed by atoms with Crippen LogP contribution in [0.25, 0.3) is 0 Å². The molecule has 1 amide bonds. The predicted molar refractivity (Wildman–Crippen MR) is 61.1 cm³/mol. The Bertz CT molecular complexity index is 362. The Balaban J connectivity index is 2.78. The van der Waals surface area contributed by atoms with E-state index >= 15 is 0 Å². The van der Waals surface area contributed by atoms with Crippen molar-refractivity contribution in [1.29, 1.82) is 0 Å². The number of nitrogen functional groups attached to an aromatic ring is 1. The second-order valence-electron chi connectivity index (χ2n) is 3.48. The first-order chi connectivity index (χ1) is 7.60. The molecule has 0 aliphatic heterocycles. The number of aryl methyl sites for hydroxylation is 1. The molecule has 0 aliphatic carbocycles. The van der Waals surface area contributed by atoms with Gasteiger partial charge in [-0.05, 0) is 6.92 Å². The Morgan fingerprint density at radius 3 is 2.81 bits per heavy atom. The van der Waals surface area contributed by atoms with Crippen molar-refractivity contribution in [3.8, 4) is 0 Å². The van der Waals surface area contributed by atoms with Crippen LogP contribution in [0.5, 0.6) is 0 Å². The monoisotopic (exact) mass is 226 g/mol. The molecule has 0 fully saturated rings. The summed E-state index contributed by atoms with van der Waals surface area (Å²) < 4.78 is 6.48. The van der Waals surface area contributed by atoms with E-state index < -0.39 is 0 Å². The zero-order valence-corrected chi connectivity index (χ0v) is 9.93. The largest absolute Gasteiger partial charge is 0.396 e. The highest BCUT2D eigenvalue weighted by Gasteiger charge is 2.19. The summed E-state index contributed by atoms with van der Waals surface area (Å²) in [5.41, 5.74) is 6.41. The van der Waals surface area contributed by atoms with Gasteiger partial charge in [-0.3, -0.25) is 9.48 Å². The van der Waals surface area contributed by atoms with E-state index in [1.165, 1.54) is 4.68 Å². The van der Waals surface area contributed by atoms with Gasteiger partial charge in [-0.1, -0.05) is 0 Å². The molecule has 1 aromatic heterocycles. The van der Waals surface area contributed by atoms with E-state index in [0.29, 0.717) is 31.1 Å². The molecule has 0 aromatic carbocycles. The number of hydrogen-bond donors (Lipinski definition) is 1. The summed E-state index contributed by atoms with van der Waals surface area (Å²) in [6.07, 6.45) is 1.62.